The summed E-state index contributed by atoms with van der Waals surface area (Å²) in [7, 11) is -4.74. The summed E-state index contributed by atoms with van der Waals surface area (Å²) in [5.74, 6) is -1.82. The molecule has 2 N–H and O–H groups in total. The molecule has 0 aromatic rings. The molecule has 0 rings (SSSR count). The summed E-state index contributed by atoms with van der Waals surface area (Å²) in [4.78, 5) is 8.77. The molecule has 0 aliphatic carbocycles. The smallest absolute Gasteiger partial charge is 0.350 e. The number of carboxylic acid groups (broad SMARTS) is 1. The van der Waals surface area contributed by atoms with E-state index in [4.69, 9.17) is 9.66 Å². The molecule has 0 amide bonds. The Labute approximate surface area is 72.3 Å². The van der Waals surface area contributed by atoms with Gasteiger partial charge in [0.15, 0.2) is 26.1 Å². The number of halogens is 1. The Morgan fingerprint density at radius 2 is 1.91 bits per heavy atom. The van der Waals surface area contributed by atoms with E-state index in [9.17, 15) is 16.3 Å². The van der Waals surface area contributed by atoms with Gasteiger partial charge < -0.3 is 5.11 Å². The van der Waals surface area contributed by atoms with Gasteiger partial charge in [0.1, 0.15) is 0 Å². The number of hydrogen-bond acceptors (Lipinski definition) is 4. The van der Waals surface area contributed by atoms with Crippen molar-refractivity contribution in [2.45, 2.75) is 0 Å². The standard InChI is InChI=1S/C3H3IO6S/c5-3(6)2(1-4-7)11(8,9)10/h1H,(H,5,6)(H,8,9,10). The molecule has 6 nitrogen and oxygen atoms in total. The molecular weight excluding hydrogens is 291 g/mol. The van der Waals surface area contributed by atoms with E-state index in [-0.39, 0.29) is 0 Å². The lowest BCUT2D eigenvalue weighted by molar-refractivity contribution is -0.131. The first-order chi connectivity index (χ1) is 4.89. The van der Waals surface area contributed by atoms with Gasteiger partial charge >= 0.3 is 16.1 Å². The van der Waals surface area contributed by atoms with Crippen molar-refractivity contribution in [3.8, 4) is 0 Å². The van der Waals surface area contributed by atoms with Gasteiger partial charge in [-0.1, -0.05) is 0 Å². The predicted octanol–water partition coefficient (Wildman–Crippen LogP) is 0.116. The molecule has 0 saturated carbocycles. The van der Waals surface area contributed by atoms with Gasteiger partial charge in [0.25, 0.3) is 0 Å². The van der Waals surface area contributed by atoms with Crippen LogP contribution in [-0.2, 0) is 18.0 Å². The SMILES string of the molecule is O=IC=C(C(=O)O)S(=O)(=O)O. The lowest BCUT2D eigenvalue weighted by Crippen LogP contribution is -2.10. The maximum Gasteiger partial charge on any atom is 0.350 e. The van der Waals surface area contributed by atoms with Crippen molar-refractivity contribution < 1.29 is 25.9 Å². The normalized spacial score (nSPS) is 13.0. The molecule has 0 fully saturated rings. The van der Waals surface area contributed by atoms with Crippen molar-refractivity contribution in [3.05, 3.63) is 8.99 Å². The van der Waals surface area contributed by atoms with Crippen molar-refractivity contribution in [2.75, 3.05) is 0 Å². The van der Waals surface area contributed by atoms with Crippen LogP contribution >= 0.6 is 21.2 Å². The van der Waals surface area contributed by atoms with E-state index < -0.39 is 42.2 Å². The first kappa shape index (κ1) is 10.7. The average Bonchev–Trinajstić information content (AvgIpc) is 1.79. The molecule has 64 valence electrons. The monoisotopic (exact) mass is 294 g/mol. The zero-order chi connectivity index (χ0) is 9.07. The van der Waals surface area contributed by atoms with Crippen LogP contribution in [-0.4, -0.2) is 24.0 Å². The topological polar surface area (TPSA) is 109 Å². The third-order valence-corrected chi connectivity index (χ3v) is 2.78. The Balaban J connectivity index is 5.11. The molecule has 0 aliphatic rings. The van der Waals surface area contributed by atoms with E-state index >= 15 is 0 Å². The van der Waals surface area contributed by atoms with E-state index in [0.29, 0.717) is 4.08 Å². The summed E-state index contributed by atoms with van der Waals surface area (Å²) < 4.78 is 38.8. The van der Waals surface area contributed by atoms with Gasteiger partial charge in [0.2, 0.25) is 0 Å². The summed E-state index contributed by atoms with van der Waals surface area (Å²) in [6.45, 7) is 0. The van der Waals surface area contributed by atoms with Gasteiger partial charge in [-0.2, -0.15) is 8.42 Å². The molecule has 0 heterocycles. The number of rotatable bonds is 3. The van der Waals surface area contributed by atoms with Crippen LogP contribution < -0.4 is 0 Å². The zero-order valence-electron chi connectivity index (χ0n) is 4.89. The highest BCUT2D eigenvalue weighted by atomic mass is 127. The Hall–Kier alpha value is -0.350. The van der Waals surface area contributed by atoms with Gasteiger partial charge in [-0.25, -0.2) is 4.79 Å². The minimum atomic E-state index is -4.74. The third kappa shape index (κ3) is 3.53. The fourth-order valence-electron chi connectivity index (χ4n) is 0.254. The van der Waals surface area contributed by atoms with Crippen molar-refractivity contribution in [1.29, 1.82) is 0 Å². The van der Waals surface area contributed by atoms with Crippen LogP contribution in [0.5, 0.6) is 0 Å². The van der Waals surface area contributed by atoms with Crippen LogP contribution in [0.4, 0.5) is 0 Å². The van der Waals surface area contributed by atoms with Crippen LogP contribution in [0.1, 0.15) is 0 Å². The quantitative estimate of drug-likeness (QED) is 0.434. The van der Waals surface area contributed by atoms with Crippen molar-refractivity contribution in [3.63, 3.8) is 0 Å². The van der Waals surface area contributed by atoms with Gasteiger partial charge in [-0.15, -0.1) is 0 Å². The zero-order valence-corrected chi connectivity index (χ0v) is 7.86. The summed E-state index contributed by atoms with van der Waals surface area (Å²) in [6, 6.07) is 0. The van der Waals surface area contributed by atoms with Crippen molar-refractivity contribution in [2.24, 2.45) is 0 Å². The van der Waals surface area contributed by atoms with Gasteiger partial charge in [-0.05, 0) is 0 Å². The molecule has 0 atom stereocenters. The molecule has 0 bridgehead atoms. The highest BCUT2D eigenvalue weighted by Crippen LogP contribution is 2.09. The van der Waals surface area contributed by atoms with E-state index in [1.807, 2.05) is 0 Å². The Morgan fingerprint density at radius 1 is 1.45 bits per heavy atom. The molecule has 0 aliphatic heterocycles. The maximum atomic E-state index is 10.1. The van der Waals surface area contributed by atoms with E-state index in [2.05, 4.69) is 0 Å². The Kier molecular flexibility index (Phi) is 3.75. The fraction of sp³-hybridized carbons (Fsp3) is 0. The second kappa shape index (κ2) is 3.88. The number of carboxylic acids is 1. The minimum absolute atomic E-state index is 0.483. The average molecular weight is 294 g/mol. The van der Waals surface area contributed by atoms with Crippen molar-refractivity contribution in [1.82, 2.24) is 0 Å². The molecule has 0 spiro atoms. The van der Waals surface area contributed by atoms with Gasteiger partial charge in [0, 0.05) is 4.08 Å². The lowest BCUT2D eigenvalue weighted by Gasteiger charge is -1.92. The highest BCUT2D eigenvalue weighted by molar-refractivity contribution is 14.2. The summed E-state index contributed by atoms with van der Waals surface area (Å²) in [5.41, 5.74) is 0. The Bertz CT molecular complexity index is 300. The van der Waals surface area contributed by atoms with Gasteiger partial charge in [-0.3, -0.25) is 7.62 Å². The van der Waals surface area contributed by atoms with Crippen LogP contribution in [0.25, 0.3) is 0 Å². The minimum Gasteiger partial charge on any atom is -0.477 e. The highest BCUT2D eigenvalue weighted by Gasteiger charge is 2.21. The van der Waals surface area contributed by atoms with E-state index in [1.165, 1.54) is 0 Å². The second-order valence-electron chi connectivity index (χ2n) is 1.34. The van der Waals surface area contributed by atoms with Crippen LogP contribution in [0.2, 0.25) is 0 Å². The van der Waals surface area contributed by atoms with Crippen LogP contribution in [0.3, 0.4) is 0 Å². The molecule has 0 aromatic heterocycles. The number of carbonyl (C=O) groups is 1. The summed E-state index contributed by atoms with van der Waals surface area (Å²) >= 11 is -1.86. The number of hydrogen-bond donors (Lipinski definition) is 2. The maximum absolute atomic E-state index is 10.1. The first-order valence-electron chi connectivity index (χ1n) is 2.06. The van der Waals surface area contributed by atoms with E-state index in [0.717, 1.165) is 0 Å². The fourth-order valence-corrected chi connectivity index (χ4v) is 2.29. The molecule has 0 radical (unpaired) electrons. The summed E-state index contributed by atoms with van der Waals surface area (Å²) in [6.07, 6.45) is 0. The molecule has 0 unspecified atom stereocenters. The lowest BCUT2D eigenvalue weighted by atomic mass is 10.7. The number of aliphatic carboxylic acids is 1. The molecule has 0 aromatic carbocycles. The first-order valence-corrected chi connectivity index (χ1v) is 5.63. The third-order valence-electron chi connectivity index (χ3n) is 0.632. The predicted molar refractivity (Wildman–Crippen MR) is 42.0 cm³/mol. The van der Waals surface area contributed by atoms with E-state index in [1.54, 1.807) is 0 Å². The molecule has 0 saturated heterocycles. The van der Waals surface area contributed by atoms with Gasteiger partial charge in [0.05, 0.1) is 0 Å². The summed E-state index contributed by atoms with van der Waals surface area (Å²) in [5, 5.41) is 8.11. The van der Waals surface area contributed by atoms with Crippen LogP contribution in [0, 0.1) is 0 Å². The Morgan fingerprint density at radius 3 is 2.00 bits per heavy atom. The van der Waals surface area contributed by atoms with Crippen LogP contribution in [0.15, 0.2) is 8.99 Å². The molecule has 8 heteroatoms. The largest absolute Gasteiger partial charge is 0.477 e. The van der Waals surface area contributed by atoms with Crippen molar-refractivity contribution >= 4 is 37.3 Å². The molecular formula is C3H3IO6S. The molecule has 11 heavy (non-hydrogen) atoms. The second-order valence-corrected chi connectivity index (χ2v) is 3.86.